The number of anilines is 2. The van der Waals surface area contributed by atoms with Crippen molar-refractivity contribution in [2.24, 2.45) is 0 Å². The van der Waals surface area contributed by atoms with Crippen LogP contribution in [0.4, 0.5) is 11.7 Å². The molecule has 0 aliphatic carbocycles. The Kier molecular flexibility index (Phi) is 5.71. The maximum Gasteiger partial charge on any atom is 0.322 e. The fourth-order valence-electron chi connectivity index (χ4n) is 2.71. The molecule has 0 radical (unpaired) electrons. The number of hydrogen-bond acceptors (Lipinski definition) is 6. The van der Waals surface area contributed by atoms with Crippen LogP contribution in [0.25, 0.3) is 11.5 Å². The van der Waals surface area contributed by atoms with Crippen LogP contribution in [0.1, 0.15) is 24.2 Å². The number of nitrogens with one attached hydrogen (secondary N) is 1. The first-order valence-electron chi connectivity index (χ1n) is 8.78. The van der Waals surface area contributed by atoms with Crippen molar-refractivity contribution >= 4 is 17.6 Å². The molecule has 140 valence electrons. The van der Waals surface area contributed by atoms with Gasteiger partial charge in [-0.15, -0.1) is 5.10 Å². The molecule has 0 atom stereocenters. The van der Waals surface area contributed by atoms with E-state index in [0.29, 0.717) is 11.5 Å². The molecule has 1 amide bonds. The maximum atomic E-state index is 12.4. The number of rotatable bonds is 7. The van der Waals surface area contributed by atoms with Crippen molar-refractivity contribution in [3.05, 3.63) is 54.1 Å². The lowest BCUT2D eigenvalue weighted by Gasteiger charge is -2.20. The van der Waals surface area contributed by atoms with Gasteiger partial charge in [-0.05, 0) is 62.4 Å². The van der Waals surface area contributed by atoms with Crippen LogP contribution in [0.15, 0.2) is 52.9 Å². The number of carbonyl (C=O) groups is 1. The summed E-state index contributed by atoms with van der Waals surface area (Å²) >= 11 is 0. The summed E-state index contributed by atoms with van der Waals surface area (Å²) in [4.78, 5) is 14.6. The third-order valence-electron chi connectivity index (χ3n) is 4.24. The third-order valence-corrected chi connectivity index (χ3v) is 4.24. The van der Waals surface area contributed by atoms with Gasteiger partial charge in [-0.25, -0.2) is 0 Å². The van der Waals surface area contributed by atoms with Gasteiger partial charge in [0, 0.05) is 29.9 Å². The van der Waals surface area contributed by atoms with E-state index >= 15 is 0 Å². The summed E-state index contributed by atoms with van der Waals surface area (Å²) in [5.41, 5.74) is 2.35. The Bertz CT molecular complexity index is 884. The van der Waals surface area contributed by atoms with Crippen LogP contribution in [-0.2, 0) is 0 Å². The average Bonchev–Trinajstić information content (AvgIpc) is 3.18. The first-order valence-corrected chi connectivity index (χ1v) is 8.78. The van der Waals surface area contributed by atoms with Crippen molar-refractivity contribution in [2.75, 3.05) is 30.4 Å². The molecule has 3 aromatic rings. The summed E-state index contributed by atoms with van der Waals surface area (Å²) in [7, 11) is 1.60. The lowest BCUT2D eigenvalue weighted by atomic mass is 10.2. The van der Waals surface area contributed by atoms with Crippen LogP contribution < -0.4 is 15.0 Å². The largest absolute Gasteiger partial charge is 0.497 e. The zero-order chi connectivity index (χ0) is 19.2. The fourth-order valence-corrected chi connectivity index (χ4v) is 2.71. The van der Waals surface area contributed by atoms with Gasteiger partial charge in [0.2, 0.25) is 5.89 Å². The molecular weight excluding hydrogens is 344 g/mol. The molecule has 0 spiro atoms. The van der Waals surface area contributed by atoms with Crippen LogP contribution in [0.2, 0.25) is 0 Å². The van der Waals surface area contributed by atoms with Crippen molar-refractivity contribution in [2.45, 2.75) is 13.8 Å². The van der Waals surface area contributed by atoms with Crippen LogP contribution >= 0.6 is 0 Å². The van der Waals surface area contributed by atoms with E-state index in [2.05, 4.69) is 34.3 Å². The summed E-state index contributed by atoms with van der Waals surface area (Å²) in [5.74, 6) is 0.760. The van der Waals surface area contributed by atoms with Crippen molar-refractivity contribution < 1.29 is 13.9 Å². The number of methoxy groups -OCH3 is 1. The van der Waals surface area contributed by atoms with E-state index in [1.165, 1.54) is 0 Å². The second-order valence-electron chi connectivity index (χ2n) is 5.81. The van der Waals surface area contributed by atoms with Gasteiger partial charge in [0.15, 0.2) is 0 Å². The number of hydrogen-bond donors (Lipinski definition) is 1. The van der Waals surface area contributed by atoms with Crippen LogP contribution in [0.3, 0.4) is 0 Å². The average molecular weight is 366 g/mol. The molecule has 0 saturated heterocycles. The summed E-state index contributed by atoms with van der Waals surface area (Å²) < 4.78 is 10.7. The van der Waals surface area contributed by atoms with Gasteiger partial charge in [-0.2, -0.15) is 0 Å². The number of aromatic nitrogens is 2. The molecule has 1 heterocycles. The zero-order valence-corrected chi connectivity index (χ0v) is 15.6. The van der Waals surface area contributed by atoms with Crippen molar-refractivity contribution in [3.8, 4) is 17.2 Å². The molecule has 0 aliphatic rings. The molecule has 1 aromatic heterocycles. The normalized spacial score (nSPS) is 10.5. The SMILES string of the molecule is CCN(CC)c1ccc(C(=O)Nc2nnc(-c3ccc(OC)cc3)o2)cc1. The first kappa shape index (κ1) is 18.4. The van der Waals surface area contributed by atoms with Crippen LogP contribution in [0.5, 0.6) is 5.75 Å². The van der Waals surface area contributed by atoms with E-state index in [4.69, 9.17) is 9.15 Å². The van der Waals surface area contributed by atoms with E-state index < -0.39 is 0 Å². The third kappa shape index (κ3) is 4.25. The topological polar surface area (TPSA) is 80.5 Å². The minimum Gasteiger partial charge on any atom is -0.497 e. The predicted molar refractivity (Wildman–Crippen MR) is 104 cm³/mol. The van der Waals surface area contributed by atoms with Crippen molar-refractivity contribution in [1.82, 2.24) is 10.2 Å². The minimum atomic E-state index is -0.300. The highest BCUT2D eigenvalue weighted by atomic mass is 16.5. The predicted octanol–water partition coefficient (Wildman–Crippen LogP) is 3.84. The van der Waals surface area contributed by atoms with E-state index in [1.807, 2.05) is 24.3 Å². The molecule has 27 heavy (non-hydrogen) atoms. The highest BCUT2D eigenvalue weighted by molar-refractivity contribution is 6.03. The number of nitrogens with zero attached hydrogens (tertiary/aromatic N) is 3. The lowest BCUT2D eigenvalue weighted by molar-refractivity contribution is 0.102. The van der Waals surface area contributed by atoms with Gasteiger partial charge in [-0.3, -0.25) is 10.1 Å². The van der Waals surface area contributed by atoms with Gasteiger partial charge in [-0.1, -0.05) is 5.10 Å². The van der Waals surface area contributed by atoms with Gasteiger partial charge >= 0.3 is 6.01 Å². The highest BCUT2D eigenvalue weighted by Crippen LogP contribution is 2.23. The minimum absolute atomic E-state index is 0.0543. The smallest absolute Gasteiger partial charge is 0.322 e. The molecule has 0 fully saturated rings. The Balaban J connectivity index is 1.68. The van der Waals surface area contributed by atoms with Crippen molar-refractivity contribution in [3.63, 3.8) is 0 Å². The summed E-state index contributed by atoms with van der Waals surface area (Å²) in [6.07, 6.45) is 0. The highest BCUT2D eigenvalue weighted by Gasteiger charge is 2.13. The Morgan fingerprint density at radius 3 is 2.30 bits per heavy atom. The molecular formula is C20H22N4O3. The number of ether oxygens (including phenoxy) is 1. The molecule has 3 rings (SSSR count). The Morgan fingerprint density at radius 2 is 1.70 bits per heavy atom. The van der Waals surface area contributed by atoms with E-state index in [0.717, 1.165) is 30.1 Å². The lowest BCUT2D eigenvalue weighted by Crippen LogP contribution is -2.21. The fraction of sp³-hybridized carbons (Fsp3) is 0.250. The molecule has 0 aliphatic heterocycles. The Labute approximate surface area is 158 Å². The van der Waals surface area contributed by atoms with E-state index in [9.17, 15) is 4.79 Å². The van der Waals surface area contributed by atoms with Gasteiger partial charge in [0.25, 0.3) is 5.91 Å². The number of amides is 1. The molecule has 0 saturated carbocycles. The molecule has 7 nitrogen and oxygen atoms in total. The van der Waals surface area contributed by atoms with E-state index in [1.54, 1.807) is 31.4 Å². The molecule has 2 aromatic carbocycles. The van der Waals surface area contributed by atoms with Crippen molar-refractivity contribution in [1.29, 1.82) is 0 Å². The maximum absolute atomic E-state index is 12.4. The number of benzene rings is 2. The van der Waals surface area contributed by atoms with E-state index in [-0.39, 0.29) is 11.9 Å². The van der Waals surface area contributed by atoms with Crippen LogP contribution in [-0.4, -0.2) is 36.3 Å². The standard InChI is InChI=1S/C20H22N4O3/c1-4-24(5-2)16-10-6-14(7-11-16)18(25)21-20-23-22-19(27-20)15-8-12-17(26-3)13-9-15/h6-13H,4-5H2,1-3H3,(H,21,23,25). The number of carbonyl (C=O) groups excluding carboxylic acids is 1. The summed E-state index contributed by atoms with van der Waals surface area (Å²) in [6, 6.07) is 14.7. The van der Waals surface area contributed by atoms with Gasteiger partial charge < -0.3 is 14.1 Å². The van der Waals surface area contributed by atoms with Crippen LogP contribution in [0, 0.1) is 0 Å². The zero-order valence-electron chi connectivity index (χ0n) is 15.6. The quantitative estimate of drug-likeness (QED) is 0.684. The monoisotopic (exact) mass is 366 g/mol. The Morgan fingerprint density at radius 1 is 1.04 bits per heavy atom. The molecule has 7 heteroatoms. The second kappa shape index (κ2) is 8.35. The molecule has 0 bridgehead atoms. The van der Waals surface area contributed by atoms with Gasteiger partial charge in [0.1, 0.15) is 5.75 Å². The Hall–Kier alpha value is -3.35. The molecule has 0 unspecified atom stereocenters. The van der Waals surface area contributed by atoms with Gasteiger partial charge in [0.05, 0.1) is 7.11 Å². The molecule has 1 N–H and O–H groups in total. The first-order chi connectivity index (χ1) is 13.1. The second-order valence-corrected chi connectivity index (χ2v) is 5.81. The summed E-state index contributed by atoms with van der Waals surface area (Å²) in [6.45, 7) is 6.02. The summed E-state index contributed by atoms with van der Waals surface area (Å²) in [5, 5.41) is 10.5.